The van der Waals surface area contributed by atoms with Crippen LogP contribution in [-0.4, -0.2) is 7.11 Å². The highest BCUT2D eigenvalue weighted by molar-refractivity contribution is 5.46. The fourth-order valence-electron chi connectivity index (χ4n) is 1.55. The average molecular weight is 247 g/mol. The minimum Gasteiger partial charge on any atom is -0.497 e. The summed E-state index contributed by atoms with van der Waals surface area (Å²) in [6.45, 7) is 0.219. The van der Waals surface area contributed by atoms with Gasteiger partial charge in [0.25, 0.3) is 0 Å². The van der Waals surface area contributed by atoms with Crippen molar-refractivity contribution in [2.45, 2.75) is 6.61 Å². The van der Waals surface area contributed by atoms with Gasteiger partial charge in [-0.05, 0) is 30.3 Å². The van der Waals surface area contributed by atoms with Crippen LogP contribution in [0.15, 0.2) is 42.5 Å². The summed E-state index contributed by atoms with van der Waals surface area (Å²) in [4.78, 5) is 0. The van der Waals surface area contributed by atoms with Crippen LogP contribution in [0, 0.1) is 5.82 Å². The lowest BCUT2D eigenvalue weighted by molar-refractivity contribution is 0.303. The Labute approximate surface area is 105 Å². The van der Waals surface area contributed by atoms with Crippen molar-refractivity contribution >= 4 is 5.69 Å². The van der Waals surface area contributed by atoms with E-state index in [0.717, 1.165) is 0 Å². The summed E-state index contributed by atoms with van der Waals surface area (Å²) in [7, 11) is 1.59. The van der Waals surface area contributed by atoms with Crippen LogP contribution in [-0.2, 0) is 6.61 Å². The Morgan fingerprint density at radius 3 is 2.67 bits per heavy atom. The first-order valence-electron chi connectivity index (χ1n) is 5.50. The second-order valence-corrected chi connectivity index (χ2v) is 3.81. The number of ether oxygens (including phenoxy) is 2. The van der Waals surface area contributed by atoms with E-state index in [1.807, 2.05) is 12.1 Å². The van der Waals surface area contributed by atoms with Crippen LogP contribution in [0.4, 0.5) is 10.1 Å². The van der Waals surface area contributed by atoms with Crippen LogP contribution in [0.5, 0.6) is 11.5 Å². The molecule has 0 fully saturated rings. The molecule has 94 valence electrons. The van der Waals surface area contributed by atoms with E-state index in [-0.39, 0.29) is 12.4 Å². The normalized spacial score (nSPS) is 10.1. The molecule has 0 aliphatic heterocycles. The second-order valence-electron chi connectivity index (χ2n) is 3.81. The summed E-state index contributed by atoms with van der Waals surface area (Å²) >= 11 is 0. The average Bonchev–Trinajstić information content (AvgIpc) is 2.40. The summed E-state index contributed by atoms with van der Waals surface area (Å²) in [5.74, 6) is 1.03. The van der Waals surface area contributed by atoms with Gasteiger partial charge in [0.05, 0.1) is 7.11 Å². The lowest BCUT2D eigenvalue weighted by atomic mass is 10.2. The molecule has 0 atom stereocenters. The third-order valence-corrected chi connectivity index (χ3v) is 2.54. The number of rotatable bonds is 4. The number of benzene rings is 2. The molecule has 0 unspecified atom stereocenters. The molecule has 18 heavy (non-hydrogen) atoms. The number of nitrogens with two attached hydrogens (primary N) is 1. The Morgan fingerprint density at radius 2 is 1.89 bits per heavy atom. The maximum atomic E-state index is 13.1. The number of halogens is 1. The van der Waals surface area contributed by atoms with Crippen LogP contribution in [0.1, 0.15) is 5.56 Å². The van der Waals surface area contributed by atoms with Crippen LogP contribution in [0.25, 0.3) is 0 Å². The number of nitrogen functional groups attached to an aromatic ring is 1. The van der Waals surface area contributed by atoms with Gasteiger partial charge in [-0.25, -0.2) is 4.39 Å². The van der Waals surface area contributed by atoms with E-state index in [1.54, 1.807) is 19.2 Å². The quantitative estimate of drug-likeness (QED) is 0.845. The van der Waals surface area contributed by atoms with Gasteiger partial charge in [-0.2, -0.15) is 0 Å². The summed E-state index contributed by atoms with van der Waals surface area (Å²) in [5.41, 5.74) is 6.87. The van der Waals surface area contributed by atoms with Crippen molar-refractivity contribution in [1.82, 2.24) is 0 Å². The Hall–Kier alpha value is -2.23. The Morgan fingerprint density at radius 1 is 1.11 bits per heavy atom. The smallest absolute Gasteiger partial charge is 0.123 e. The van der Waals surface area contributed by atoms with Gasteiger partial charge >= 0.3 is 0 Å². The summed E-state index contributed by atoms with van der Waals surface area (Å²) in [6, 6.07) is 11.4. The molecular formula is C14H14FNO2. The zero-order chi connectivity index (χ0) is 13.0. The van der Waals surface area contributed by atoms with Crippen molar-refractivity contribution in [1.29, 1.82) is 0 Å². The van der Waals surface area contributed by atoms with E-state index < -0.39 is 0 Å². The molecule has 2 aromatic rings. The summed E-state index contributed by atoms with van der Waals surface area (Å²) in [6.07, 6.45) is 0. The molecular weight excluding hydrogens is 233 g/mol. The van der Waals surface area contributed by atoms with Gasteiger partial charge in [0, 0.05) is 17.3 Å². The van der Waals surface area contributed by atoms with Crippen molar-refractivity contribution < 1.29 is 13.9 Å². The molecule has 0 spiro atoms. The molecule has 2 rings (SSSR count). The topological polar surface area (TPSA) is 44.5 Å². The highest BCUT2D eigenvalue weighted by Crippen LogP contribution is 2.21. The van der Waals surface area contributed by atoms with Gasteiger partial charge < -0.3 is 15.2 Å². The molecule has 0 saturated heterocycles. The molecule has 0 amide bonds. The zero-order valence-electron chi connectivity index (χ0n) is 10.0. The van der Waals surface area contributed by atoms with Crippen molar-refractivity contribution in [3.05, 3.63) is 53.8 Å². The predicted octanol–water partition coefficient (Wildman–Crippen LogP) is 3.00. The van der Waals surface area contributed by atoms with Gasteiger partial charge in [0.2, 0.25) is 0 Å². The van der Waals surface area contributed by atoms with Crippen molar-refractivity contribution in [2.24, 2.45) is 0 Å². The summed E-state index contributed by atoms with van der Waals surface area (Å²) in [5, 5.41) is 0. The molecule has 0 heterocycles. The SMILES string of the molecule is COc1cccc(OCc2cc(F)ccc2N)c1. The Bertz CT molecular complexity index is 543. The highest BCUT2D eigenvalue weighted by Gasteiger charge is 2.03. The Balaban J connectivity index is 2.08. The molecule has 4 heteroatoms. The third-order valence-electron chi connectivity index (χ3n) is 2.54. The van der Waals surface area contributed by atoms with Gasteiger partial charge in [0.1, 0.15) is 23.9 Å². The molecule has 0 aliphatic carbocycles. The number of methoxy groups -OCH3 is 1. The van der Waals surface area contributed by atoms with Gasteiger partial charge in [-0.1, -0.05) is 6.07 Å². The molecule has 0 radical (unpaired) electrons. The van der Waals surface area contributed by atoms with E-state index in [2.05, 4.69) is 0 Å². The van der Waals surface area contributed by atoms with Crippen LogP contribution >= 0.6 is 0 Å². The number of anilines is 1. The summed E-state index contributed by atoms with van der Waals surface area (Å²) < 4.78 is 23.7. The zero-order valence-corrected chi connectivity index (χ0v) is 10.0. The van der Waals surface area contributed by atoms with Crippen molar-refractivity contribution in [2.75, 3.05) is 12.8 Å². The van der Waals surface area contributed by atoms with Crippen LogP contribution in [0.2, 0.25) is 0 Å². The van der Waals surface area contributed by atoms with Crippen molar-refractivity contribution in [3.63, 3.8) is 0 Å². The molecule has 0 bridgehead atoms. The number of hydrogen-bond donors (Lipinski definition) is 1. The molecule has 2 N–H and O–H groups in total. The fourth-order valence-corrected chi connectivity index (χ4v) is 1.55. The molecule has 0 aromatic heterocycles. The number of hydrogen-bond acceptors (Lipinski definition) is 3. The monoisotopic (exact) mass is 247 g/mol. The maximum Gasteiger partial charge on any atom is 0.123 e. The molecule has 0 aliphatic rings. The third kappa shape index (κ3) is 2.91. The van der Waals surface area contributed by atoms with Crippen molar-refractivity contribution in [3.8, 4) is 11.5 Å². The first-order chi connectivity index (χ1) is 8.69. The predicted molar refractivity (Wildman–Crippen MR) is 68.1 cm³/mol. The molecule has 2 aromatic carbocycles. The van der Waals surface area contributed by atoms with E-state index in [4.69, 9.17) is 15.2 Å². The lowest BCUT2D eigenvalue weighted by Gasteiger charge is -2.09. The van der Waals surface area contributed by atoms with Gasteiger partial charge in [-0.15, -0.1) is 0 Å². The van der Waals surface area contributed by atoms with E-state index >= 15 is 0 Å². The molecule has 0 saturated carbocycles. The van der Waals surface area contributed by atoms with Crippen LogP contribution in [0.3, 0.4) is 0 Å². The molecule has 3 nitrogen and oxygen atoms in total. The van der Waals surface area contributed by atoms with E-state index in [1.165, 1.54) is 18.2 Å². The van der Waals surface area contributed by atoms with E-state index in [9.17, 15) is 4.39 Å². The standard InChI is InChI=1S/C14H14FNO2/c1-17-12-3-2-4-13(8-12)18-9-10-7-11(15)5-6-14(10)16/h2-8H,9,16H2,1H3. The van der Waals surface area contributed by atoms with Gasteiger partial charge in [-0.3, -0.25) is 0 Å². The second kappa shape index (κ2) is 5.40. The fraction of sp³-hybridized carbons (Fsp3) is 0.143. The highest BCUT2D eigenvalue weighted by atomic mass is 19.1. The Kier molecular flexibility index (Phi) is 3.67. The lowest BCUT2D eigenvalue weighted by Crippen LogP contribution is -2.01. The maximum absolute atomic E-state index is 13.1. The first kappa shape index (κ1) is 12.2. The van der Waals surface area contributed by atoms with E-state index in [0.29, 0.717) is 22.7 Å². The minimum atomic E-state index is -0.326. The van der Waals surface area contributed by atoms with Crippen LogP contribution < -0.4 is 15.2 Å². The minimum absolute atomic E-state index is 0.219. The van der Waals surface area contributed by atoms with Gasteiger partial charge in [0.15, 0.2) is 0 Å². The largest absolute Gasteiger partial charge is 0.497 e. The first-order valence-corrected chi connectivity index (χ1v) is 5.50.